The van der Waals surface area contributed by atoms with Gasteiger partial charge in [-0.3, -0.25) is 4.90 Å². The van der Waals surface area contributed by atoms with E-state index in [1.54, 1.807) is 12.1 Å². The van der Waals surface area contributed by atoms with E-state index in [0.717, 1.165) is 18.7 Å². The van der Waals surface area contributed by atoms with Crippen molar-refractivity contribution in [2.24, 2.45) is 0 Å². The Balaban J connectivity index is 0.00000161. The molecule has 0 radical (unpaired) electrons. The van der Waals surface area contributed by atoms with Crippen LogP contribution in [0.2, 0.25) is 0 Å². The molecule has 3 rings (SSSR count). The molecule has 0 aromatic heterocycles. The van der Waals surface area contributed by atoms with Gasteiger partial charge in [0.2, 0.25) is 0 Å². The van der Waals surface area contributed by atoms with Crippen molar-refractivity contribution in [2.45, 2.75) is 18.6 Å². The summed E-state index contributed by atoms with van der Waals surface area (Å²) in [6, 6.07) is 16.4. The molecule has 0 saturated carbocycles. The van der Waals surface area contributed by atoms with Gasteiger partial charge >= 0.3 is 0 Å². The van der Waals surface area contributed by atoms with Crippen LogP contribution in [-0.2, 0) is 12.1 Å². The Kier molecular flexibility index (Phi) is 4.99. The zero-order valence-corrected chi connectivity index (χ0v) is 12.4. The summed E-state index contributed by atoms with van der Waals surface area (Å²) >= 11 is 0. The van der Waals surface area contributed by atoms with E-state index in [1.165, 1.54) is 17.7 Å². The Morgan fingerprint density at radius 1 is 1.05 bits per heavy atom. The summed E-state index contributed by atoms with van der Waals surface area (Å²) in [7, 11) is 0. The quantitative estimate of drug-likeness (QED) is 0.858. The summed E-state index contributed by atoms with van der Waals surface area (Å²) in [6.45, 7) is 2.28. The van der Waals surface area contributed by atoms with Gasteiger partial charge in [0.25, 0.3) is 0 Å². The summed E-state index contributed by atoms with van der Waals surface area (Å²) in [5.41, 5.74) is 1.19. The maximum atomic E-state index is 13.0. The van der Waals surface area contributed by atoms with Crippen molar-refractivity contribution < 1.29 is 21.9 Å². The largest absolute Gasteiger partial charge is 1.00 e. The molecule has 1 atom stereocenters. The fourth-order valence-electron chi connectivity index (χ4n) is 2.84. The van der Waals surface area contributed by atoms with Gasteiger partial charge in [0.15, 0.2) is 0 Å². The standard InChI is InChI=1S/C17H18FNO.ClH/c18-16-8-6-15(7-9-16)17(20)10-11-19(13-17)12-14-4-2-1-3-5-14;/h1-9,20H,10-13H2;1H/p-1. The van der Waals surface area contributed by atoms with Crippen LogP contribution in [0.25, 0.3) is 0 Å². The number of halogens is 2. The molecule has 21 heavy (non-hydrogen) atoms. The van der Waals surface area contributed by atoms with Gasteiger partial charge in [-0.15, -0.1) is 0 Å². The first-order chi connectivity index (χ1) is 9.66. The second-order valence-electron chi connectivity index (χ2n) is 5.48. The van der Waals surface area contributed by atoms with Gasteiger partial charge in [0.1, 0.15) is 11.4 Å². The first-order valence-corrected chi connectivity index (χ1v) is 6.90. The molecule has 0 bridgehead atoms. The number of β-amino-alcohol motifs (C(OH)–C–C–N with tert-alkyl or cyclic N) is 1. The van der Waals surface area contributed by atoms with Gasteiger partial charge in [-0.05, 0) is 29.7 Å². The van der Waals surface area contributed by atoms with Crippen molar-refractivity contribution in [1.82, 2.24) is 4.90 Å². The summed E-state index contributed by atoms with van der Waals surface area (Å²) in [5.74, 6) is -0.267. The molecule has 2 aromatic rings. The third-order valence-corrected chi connectivity index (χ3v) is 3.96. The Hall–Kier alpha value is -1.42. The van der Waals surface area contributed by atoms with Crippen molar-refractivity contribution in [3.8, 4) is 0 Å². The predicted octanol–water partition coefficient (Wildman–Crippen LogP) is -0.0768. The molecule has 1 unspecified atom stereocenters. The molecule has 1 heterocycles. The van der Waals surface area contributed by atoms with E-state index in [0.29, 0.717) is 13.0 Å². The minimum Gasteiger partial charge on any atom is -1.00 e. The van der Waals surface area contributed by atoms with Crippen LogP contribution < -0.4 is 12.4 Å². The highest BCUT2D eigenvalue weighted by Gasteiger charge is 2.37. The van der Waals surface area contributed by atoms with Crippen LogP contribution in [0.3, 0.4) is 0 Å². The van der Waals surface area contributed by atoms with E-state index in [-0.39, 0.29) is 18.2 Å². The normalized spacial score (nSPS) is 22.0. The van der Waals surface area contributed by atoms with Crippen molar-refractivity contribution in [3.05, 3.63) is 71.5 Å². The second-order valence-corrected chi connectivity index (χ2v) is 5.48. The van der Waals surface area contributed by atoms with Crippen LogP contribution in [0.1, 0.15) is 17.5 Å². The van der Waals surface area contributed by atoms with Crippen molar-refractivity contribution >= 4 is 0 Å². The fourth-order valence-corrected chi connectivity index (χ4v) is 2.84. The lowest BCUT2D eigenvalue weighted by atomic mass is 9.93. The molecule has 1 N–H and O–H groups in total. The van der Waals surface area contributed by atoms with Crippen molar-refractivity contribution in [1.29, 1.82) is 0 Å². The SMILES string of the molecule is OC1(c2ccc(F)cc2)CCN(Cc2ccccc2)C1.[Cl-]. The number of rotatable bonds is 3. The first-order valence-electron chi connectivity index (χ1n) is 6.90. The maximum absolute atomic E-state index is 13.0. The molecule has 1 aliphatic rings. The molecule has 1 aliphatic heterocycles. The molecule has 112 valence electrons. The average molecular weight is 307 g/mol. The predicted molar refractivity (Wildman–Crippen MR) is 76.6 cm³/mol. The summed E-state index contributed by atoms with van der Waals surface area (Å²) < 4.78 is 13.0. The molecule has 0 spiro atoms. The monoisotopic (exact) mass is 306 g/mol. The number of likely N-dealkylation sites (tertiary alicyclic amines) is 1. The number of aliphatic hydroxyl groups is 1. The number of benzene rings is 2. The second kappa shape index (κ2) is 6.56. The van der Waals surface area contributed by atoms with E-state index in [4.69, 9.17) is 0 Å². The highest BCUT2D eigenvalue weighted by molar-refractivity contribution is 5.25. The van der Waals surface area contributed by atoms with Crippen LogP contribution in [0.4, 0.5) is 4.39 Å². The lowest BCUT2D eigenvalue weighted by Gasteiger charge is -2.24. The lowest BCUT2D eigenvalue weighted by molar-refractivity contribution is -0.0000134. The molecule has 0 amide bonds. The third-order valence-electron chi connectivity index (χ3n) is 3.96. The highest BCUT2D eigenvalue weighted by atomic mass is 35.5. The molecule has 4 heteroatoms. The molecular weight excluding hydrogens is 289 g/mol. The summed E-state index contributed by atoms with van der Waals surface area (Å²) in [6.07, 6.45) is 0.686. The molecule has 2 nitrogen and oxygen atoms in total. The van der Waals surface area contributed by atoms with E-state index < -0.39 is 5.60 Å². The zero-order chi connectivity index (χ0) is 14.0. The van der Waals surface area contributed by atoms with E-state index in [1.807, 2.05) is 18.2 Å². The van der Waals surface area contributed by atoms with Crippen molar-refractivity contribution in [2.75, 3.05) is 13.1 Å². The Bertz CT molecular complexity index is 575. The minimum atomic E-state index is -0.859. The number of hydrogen-bond acceptors (Lipinski definition) is 2. The Labute approximate surface area is 130 Å². The van der Waals surface area contributed by atoms with Gasteiger partial charge in [0, 0.05) is 19.6 Å². The van der Waals surface area contributed by atoms with Crippen LogP contribution in [0, 0.1) is 5.82 Å². The Morgan fingerprint density at radius 3 is 2.38 bits per heavy atom. The van der Waals surface area contributed by atoms with Gasteiger partial charge in [-0.2, -0.15) is 0 Å². The van der Waals surface area contributed by atoms with E-state index >= 15 is 0 Å². The fraction of sp³-hybridized carbons (Fsp3) is 0.294. The van der Waals surface area contributed by atoms with E-state index in [9.17, 15) is 9.50 Å². The van der Waals surface area contributed by atoms with Crippen LogP contribution >= 0.6 is 0 Å². The van der Waals surface area contributed by atoms with Gasteiger partial charge in [0.05, 0.1) is 0 Å². The van der Waals surface area contributed by atoms with Crippen LogP contribution in [-0.4, -0.2) is 23.1 Å². The lowest BCUT2D eigenvalue weighted by Crippen LogP contribution is -3.00. The number of hydrogen-bond donors (Lipinski definition) is 1. The van der Waals surface area contributed by atoms with Gasteiger partial charge in [-0.25, -0.2) is 4.39 Å². The topological polar surface area (TPSA) is 23.5 Å². The Morgan fingerprint density at radius 2 is 1.71 bits per heavy atom. The van der Waals surface area contributed by atoms with Crippen LogP contribution in [0.15, 0.2) is 54.6 Å². The zero-order valence-electron chi connectivity index (χ0n) is 11.7. The molecule has 2 aromatic carbocycles. The molecule has 1 fully saturated rings. The maximum Gasteiger partial charge on any atom is 0.123 e. The molecule has 1 saturated heterocycles. The highest BCUT2D eigenvalue weighted by Crippen LogP contribution is 2.32. The molecule has 0 aliphatic carbocycles. The third kappa shape index (κ3) is 3.62. The summed E-state index contributed by atoms with van der Waals surface area (Å²) in [4.78, 5) is 2.23. The molecular formula is C17H18ClFNO-. The van der Waals surface area contributed by atoms with Gasteiger partial charge < -0.3 is 17.5 Å². The van der Waals surface area contributed by atoms with E-state index in [2.05, 4.69) is 17.0 Å². The van der Waals surface area contributed by atoms with Crippen LogP contribution in [0.5, 0.6) is 0 Å². The minimum absolute atomic E-state index is 0. The first kappa shape index (κ1) is 16.0. The van der Waals surface area contributed by atoms with Gasteiger partial charge in [-0.1, -0.05) is 42.5 Å². The average Bonchev–Trinajstić information content (AvgIpc) is 2.83. The van der Waals surface area contributed by atoms with Crippen molar-refractivity contribution in [3.63, 3.8) is 0 Å². The smallest absolute Gasteiger partial charge is 0.123 e. The summed E-state index contributed by atoms with van der Waals surface area (Å²) in [5, 5.41) is 10.7. The number of nitrogens with zero attached hydrogens (tertiary/aromatic N) is 1.